The molecular formula is C30H37FN6. The van der Waals surface area contributed by atoms with Crippen LogP contribution in [0.5, 0.6) is 0 Å². The second kappa shape index (κ2) is 13.2. The van der Waals surface area contributed by atoms with E-state index < -0.39 is 0 Å². The van der Waals surface area contributed by atoms with Gasteiger partial charge in [0.05, 0.1) is 23.6 Å². The summed E-state index contributed by atoms with van der Waals surface area (Å²) in [5.74, 6) is 1.43. The topological polar surface area (TPSA) is 80.3 Å². The van der Waals surface area contributed by atoms with Crippen molar-refractivity contribution in [2.75, 3.05) is 7.05 Å². The van der Waals surface area contributed by atoms with E-state index in [0.717, 1.165) is 46.2 Å². The highest BCUT2D eigenvalue weighted by Gasteiger charge is 2.20. The molecule has 7 heteroatoms. The number of aryl methyl sites for hydroxylation is 1. The molecule has 0 saturated heterocycles. The van der Waals surface area contributed by atoms with Crippen molar-refractivity contribution >= 4 is 11.5 Å². The largest absolute Gasteiger partial charge is 0.384 e. The highest BCUT2D eigenvalue weighted by molar-refractivity contribution is 6.09. The molecule has 0 saturated carbocycles. The number of aliphatic imine (C=N–C) groups is 1. The summed E-state index contributed by atoms with van der Waals surface area (Å²) in [5, 5.41) is 6.66. The summed E-state index contributed by atoms with van der Waals surface area (Å²) in [7, 11) is 1.50. The molecule has 6 nitrogen and oxygen atoms in total. The predicted octanol–water partition coefficient (Wildman–Crippen LogP) is 5.54. The van der Waals surface area contributed by atoms with Crippen molar-refractivity contribution in [3.8, 4) is 12.8 Å². The summed E-state index contributed by atoms with van der Waals surface area (Å²) in [5.41, 5.74) is 12.0. The van der Waals surface area contributed by atoms with Gasteiger partial charge in [0, 0.05) is 30.8 Å². The molecule has 4 N–H and O–H groups in total. The van der Waals surface area contributed by atoms with Crippen LogP contribution in [0.2, 0.25) is 0 Å². The molecule has 0 amide bonds. The number of nitrogens with one attached hydrogen (secondary N) is 2. The average Bonchev–Trinajstić information content (AvgIpc) is 3.14. The van der Waals surface area contributed by atoms with Crippen molar-refractivity contribution in [3.63, 3.8) is 0 Å². The fourth-order valence-corrected chi connectivity index (χ4v) is 4.00. The van der Waals surface area contributed by atoms with Crippen molar-refractivity contribution in [2.45, 2.75) is 46.3 Å². The normalized spacial score (nSPS) is 15.5. The molecule has 1 aromatic carbocycles. The van der Waals surface area contributed by atoms with E-state index in [1.807, 2.05) is 32.9 Å². The lowest BCUT2D eigenvalue weighted by molar-refractivity contribution is 0.595. The molecule has 2 aromatic rings. The maximum absolute atomic E-state index is 14.3. The van der Waals surface area contributed by atoms with E-state index in [9.17, 15) is 4.39 Å². The van der Waals surface area contributed by atoms with E-state index in [2.05, 4.69) is 64.6 Å². The van der Waals surface area contributed by atoms with Gasteiger partial charge in [0.2, 0.25) is 0 Å². The lowest BCUT2D eigenvalue weighted by Crippen LogP contribution is -2.22. The molecule has 1 aliphatic heterocycles. The monoisotopic (exact) mass is 500 g/mol. The van der Waals surface area contributed by atoms with E-state index in [4.69, 9.17) is 4.99 Å². The molecule has 0 fully saturated rings. The molecule has 194 valence electrons. The number of hydrogen-bond donors (Lipinski definition) is 3. The molecule has 1 atom stereocenters. The summed E-state index contributed by atoms with van der Waals surface area (Å²) in [4.78, 5) is 9.17. The van der Waals surface area contributed by atoms with Gasteiger partial charge >= 0.3 is 0 Å². The Balaban J connectivity index is 0.00000115. The van der Waals surface area contributed by atoms with Crippen molar-refractivity contribution in [2.24, 2.45) is 10.7 Å². The van der Waals surface area contributed by atoms with E-state index in [1.165, 1.54) is 18.7 Å². The minimum Gasteiger partial charge on any atom is -0.384 e. The summed E-state index contributed by atoms with van der Waals surface area (Å²) in [6.07, 6.45) is 14.6. The van der Waals surface area contributed by atoms with Gasteiger partial charge < -0.3 is 20.9 Å². The predicted molar refractivity (Wildman–Crippen MR) is 153 cm³/mol. The SMILES string of the molecule is C#C.C=C1CC(NCc2cc(CNC(=C)C3=Nc4cnc(C)n4C(C(=C)C)C=C3)ccc2F)=C1C.CN. The first-order chi connectivity index (χ1) is 17.7. The highest BCUT2D eigenvalue weighted by atomic mass is 19.1. The fraction of sp³-hybridized carbons (Fsp3) is 0.267. The molecule has 2 aliphatic rings. The number of nitrogens with two attached hydrogens (primary N) is 1. The number of terminal acetylenes is 1. The summed E-state index contributed by atoms with van der Waals surface area (Å²) >= 11 is 0. The van der Waals surface area contributed by atoms with E-state index in [-0.39, 0.29) is 11.9 Å². The second-order valence-electron chi connectivity index (χ2n) is 8.68. The van der Waals surface area contributed by atoms with Gasteiger partial charge in [-0.05, 0) is 62.7 Å². The first-order valence-electron chi connectivity index (χ1n) is 11.9. The molecule has 37 heavy (non-hydrogen) atoms. The Morgan fingerprint density at radius 2 is 1.92 bits per heavy atom. The summed E-state index contributed by atoms with van der Waals surface area (Å²) in [6, 6.07) is 5.18. The minimum atomic E-state index is -0.216. The van der Waals surface area contributed by atoms with Crippen molar-refractivity contribution in [1.82, 2.24) is 20.2 Å². The molecule has 2 heterocycles. The van der Waals surface area contributed by atoms with Crippen LogP contribution in [0, 0.1) is 25.6 Å². The number of benzene rings is 1. The average molecular weight is 501 g/mol. The molecule has 0 spiro atoms. The van der Waals surface area contributed by atoms with Gasteiger partial charge in [0.25, 0.3) is 0 Å². The molecule has 1 aliphatic carbocycles. The first-order valence-corrected chi connectivity index (χ1v) is 11.9. The summed E-state index contributed by atoms with van der Waals surface area (Å²) < 4.78 is 16.4. The Morgan fingerprint density at radius 1 is 1.22 bits per heavy atom. The standard InChI is InChI=1S/C27H30FN5.C2H2.CH5N/c1-16(2)26-10-9-24(32-27-15-30-20(6)33(26)27)19(5)29-13-21-7-8-23(28)22(12-21)14-31-25-11-17(3)18(25)4;2*1-2/h7-10,12,15,26,29,31H,1,3,5,11,13-14H2,2,4,6H3;1-2H;2H2,1H3. The molecule has 1 aromatic heterocycles. The van der Waals surface area contributed by atoms with E-state index in [0.29, 0.717) is 24.4 Å². The van der Waals surface area contributed by atoms with Crippen LogP contribution in [0.25, 0.3) is 0 Å². The second-order valence-corrected chi connectivity index (χ2v) is 8.68. The van der Waals surface area contributed by atoms with Gasteiger partial charge in [0.1, 0.15) is 11.6 Å². The van der Waals surface area contributed by atoms with Gasteiger partial charge in [-0.15, -0.1) is 12.8 Å². The number of halogens is 1. The fourth-order valence-electron chi connectivity index (χ4n) is 4.00. The van der Waals surface area contributed by atoms with E-state index >= 15 is 0 Å². The van der Waals surface area contributed by atoms with Gasteiger partial charge in [-0.2, -0.15) is 0 Å². The smallest absolute Gasteiger partial charge is 0.154 e. The number of rotatable bonds is 8. The third-order valence-corrected chi connectivity index (χ3v) is 6.21. The van der Waals surface area contributed by atoms with Crippen LogP contribution in [0.15, 0.2) is 89.4 Å². The lowest BCUT2D eigenvalue weighted by Gasteiger charge is -2.25. The zero-order valence-electron chi connectivity index (χ0n) is 22.2. The van der Waals surface area contributed by atoms with Crippen LogP contribution < -0.4 is 16.4 Å². The highest BCUT2D eigenvalue weighted by Crippen LogP contribution is 2.31. The van der Waals surface area contributed by atoms with Gasteiger partial charge in [0.15, 0.2) is 5.82 Å². The number of imidazole rings is 1. The Bertz CT molecular complexity index is 1290. The quantitative estimate of drug-likeness (QED) is 0.328. The number of allylic oxidation sites excluding steroid dienone is 5. The Morgan fingerprint density at radius 3 is 2.54 bits per heavy atom. The molecule has 1 unspecified atom stereocenters. The van der Waals surface area contributed by atoms with Gasteiger partial charge in [-0.1, -0.05) is 37.5 Å². The Kier molecular flexibility index (Phi) is 10.4. The maximum atomic E-state index is 14.3. The van der Waals surface area contributed by atoms with Crippen molar-refractivity contribution in [1.29, 1.82) is 0 Å². The number of nitrogens with zero attached hydrogens (tertiary/aromatic N) is 3. The number of aromatic nitrogens is 2. The lowest BCUT2D eigenvalue weighted by atomic mass is 9.90. The molecule has 4 rings (SSSR count). The van der Waals surface area contributed by atoms with Crippen molar-refractivity contribution in [3.05, 3.63) is 107 Å². The third kappa shape index (κ3) is 6.75. The van der Waals surface area contributed by atoms with Gasteiger partial charge in [-0.3, -0.25) is 0 Å². The van der Waals surface area contributed by atoms with Crippen LogP contribution in [0.1, 0.15) is 43.3 Å². The van der Waals surface area contributed by atoms with Crippen LogP contribution in [-0.4, -0.2) is 22.3 Å². The third-order valence-electron chi connectivity index (χ3n) is 6.21. The van der Waals surface area contributed by atoms with Crippen LogP contribution >= 0.6 is 0 Å². The van der Waals surface area contributed by atoms with Gasteiger partial charge in [-0.25, -0.2) is 14.4 Å². The molecule has 0 bridgehead atoms. The molecule has 0 radical (unpaired) electrons. The number of hydrogen-bond acceptors (Lipinski definition) is 5. The van der Waals surface area contributed by atoms with Crippen LogP contribution in [0.4, 0.5) is 10.2 Å². The number of fused-ring (bicyclic) bond motifs is 1. The van der Waals surface area contributed by atoms with Crippen LogP contribution in [-0.2, 0) is 13.1 Å². The maximum Gasteiger partial charge on any atom is 0.154 e. The van der Waals surface area contributed by atoms with E-state index in [1.54, 1.807) is 12.3 Å². The Hall–Kier alpha value is -4.15. The zero-order valence-corrected chi connectivity index (χ0v) is 22.2. The van der Waals surface area contributed by atoms with Crippen molar-refractivity contribution < 1.29 is 4.39 Å². The Labute approximate surface area is 220 Å². The van der Waals surface area contributed by atoms with Crippen LogP contribution in [0.3, 0.4) is 0 Å². The first kappa shape index (κ1) is 29.1. The zero-order chi connectivity index (χ0) is 27.7. The minimum absolute atomic E-state index is 0.00436. The summed E-state index contributed by atoms with van der Waals surface area (Å²) in [6.45, 7) is 19.2. The molecular weight excluding hydrogens is 463 g/mol.